The van der Waals surface area contributed by atoms with Gasteiger partial charge in [0.15, 0.2) is 5.43 Å². The number of carbonyl (C=O) groups is 1. The number of hydrogen-bond acceptors (Lipinski definition) is 5. The van der Waals surface area contributed by atoms with Crippen molar-refractivity contribution in [2.75, 3.05) is 0 Å². The average molecular weight is 287 g/mol. The first kappa shape index (κ1) is 14.0. The van der Waals surface area contributed by atoms with E-state index in [-0.39, 0.29) is 16.2 Å². The van der Waals surface area contributed by atoms with E-state index >= 15 is 0 Å². The molecule has 20 heavy (non-hydrogen) atoms. The number of carbonyl (C=O) groups excluding carboxylic acids is 1. The third-order valence-electron chi connectivity index (χ3n) is 2.48. The van der Waals surface area contributed by atoms with E-state index in [1.165, 1.54) is 30.3 Å². The van der Waals surface area contributed by atoms with E-state index in [2.05, 4.69) is 0 Å². The molecule has 2 rings (SSSR count). The zero-order valence-electron chi connectivity index (χ0n) is 10.2. The Balaban J connectivity index is 2.22. The number of thioether (sulfide) groups is 1. The van der Waals surface area contributed by atoms with E-state index in [1.54, 1.807) is 24.3 Å². The van der Waals surface area contributed by atoms with Crippen molar-refractivity contribution >= 4 is 22.6 Å². The molecule has 0 aliphatic rings. The molecule has 0 aliphatic carbocycles. The van der Waals surface area contributed by atoms with Crippen LogP contribution in [0.5, 0.6) is 0 Å². The monoisotopic (exact) mass is 287 g/mol. The van der Waals surface area contributed by atoms with E-state index in [4.69, 9.17) is 0 Å². The van der Waals surface area contributed by atoms with Gasteiger partial charge in [-0.1, -0.05) is 18.2 Å². The lowest BCUT2D eigenvalue weighted by atomic mass is 10.2. The van der Waals surface area contributed by atoms with Crippen molar-refractivity contribution in [3.8, 4) is 0 Å². The Kier molecular flexibility index (Phi) is 4.27. The van der Waals surface area contributed by atoms with E-state index in [0.29, 0.717) is 10.5 Å². The number of non-ortho nitro benzene ring substituents is 1. The highest BCUT2D eigenvalue weighted by Crippen LogP contribution is 2.21. The summed E-state index contributed by atoms with van der Waals surface area (Å²) in [5, 5.41) is 10.2. The number of rotatable bonds is 3. The van der Waals surface area contributed by atoms with E-state index in [9.17, 15) is 19.7 Å². The minimum Gasteiger partial charge on any atom is -0.289 e. The van der Waals surface area contributed by atoms with E-state index in [1.807, 2.05) is 0 Å². The van der Waals surface area contributed by atoms with Crippen LogP contribution in [0.1, 0.15) is 10.4 Å². The van der Waals surface area contributed by atoms with Gasteiger partial charge in [-0.25, -0.2) is 0 Å². The first-order chi connectivity index (χ1) is 9.58. The first-order valence-corrected chi connectivity index (χ1v) is 6.45. The molecule has 0 aromatic heterocycles. The summed E-state index contributed by atoms with van der Waals surface area (Å²) in [6.07, 6.45) is 0. The number of nitro benzene ring substituents is 1. The highest BCUT2D eigenvalue weighted by Gasteiger charge is 2.12. The number of benzene rings is 1. The normalized spacial score (nSPS) is 10.0. The number of nitro groups is 1. The molecule has 2 aromatic carbocycles. The van der Waals surface area contributed by atoms with Crippen molar-refractivity contribution in [2.45, 2.75) is 4.90 Å². The van der Waals surface area contributed by atoms with Gasteiger partial charge in [0.2, 0.25) is 5.12 Å². The maximum atomic E-state index is 12.0. The van der Waals surface area contributed by atoms with E-state index in [0.717, 1.165) is 11.8 Å². The second-order valence-electron chi connectivity index (χ2n) is 3.83. The summed E-state index contributed by atoms with van der Waals surface area (Å²) >= 11 is 0.810. The lowest BCUT2D eigenvalue weighted by molar-refractivity contribution is -0.384. The summed E-state index contributed by atoms with van der Waals surface area (Å²) in [5.41, 5.74) is -0.0102. The van der Waals surface area contributed by atoms with Crippen LogP contribution in [0.25, 0.3) is 0 Å². The Morgan fingerprint density at radius 3 is 2.30 bits per heavy atom. The molecule has 0 radical (unpaired) electrons. The Labute approximate surface area is 118 Å². The number of hydrogen-bond donors (Lipinski definition) is 0. The van der Waals surface area contributed by atoms with Crippen molar-refractivity contribution in [3.05, 3.63) is 80.5 Å². The largest absolute Gasteiger partial charge is 0.289 e. The zero-order valence-corrected chi connectivity index (χ0v) is 11.0. The summed E-state index contributed by atoms with van der Waals surface area (Å²) < 4.78 is 0. The molecule has 6 heteroatoms. The summed E-state index contributed by atoms with van der Waals surface area (Å²) in [6, 6.07) is 13.2. The molecule has 0 spiro atoms. The molecule has 0 bridgehead atoms. The SMILES string of the molecule is O=C(Sc1cccccc1=O)c1ccc([N+](=O)[O-])cc1. The van der Waals surface area contributed by atoms with Gasteiger partial charge in [-0.2, -0.15) is 0 Å². The van der Waals surface area contributed by atoms with Gasteiger partial charge in [0.1, 0.15) is 0 Å². The molecule has 0 N–H and O–H groups in total. The van der Waals surface area contributed by atoms with Gasteiger partial charge in [-0.15, -0.1) is 0 Å². The second kappa shape index (κ2) is 6.12. The molecule has 5 nitrogen and oxygen atoms in total. The first-order valence-electron chi connectivity index (χ1n) is 5.64. The highest BCUT2D eigenvalue weighted by molar-refractivity contribution is 8.14. The van der Waals surface area contributed by atoms with Crippen molar-refractivity contribution in [1.29, 1.82) is 0 Å². The van der Waals surface area contributed by atoms with Gasteiger partial charge in [0.05, 0.1) is 9.82 Å². The Morgan fingerprint density at radius 1 is 1.00 bits per heavy atom. The average Bonchev–Trinajstić information content (AvgIpc) is 2.64. The molecular weight excluding hydrogens is 278 g/mol. The third-order valence-corrected chi connectivity index (χ3v) is 3.46. The summed E-state index contributed by atoms with van der Waals surface area (Å²) in [7, 11) is 0. The minimum absolute atomic E-state index is 0.0813. The van der Waals surface area contributed by atoms with Crippen LogP contribution in [0.2, 0.25) is 0 Å². The maximum absolute atomic E-state index is 12.0. The fraction of sp³-hybridized carbons (Fsp3) is 0. The van der Waals surface area contributed by atoms with Crippen LogP contribution in [0, 0.1) is 10.1 Å². The van der Waals surface area contributed by atoms with Crippen LogP contribution < -0.4 is 5.43 Å². The predicted molar refractivity (Wildman–Crippen MR) is 76.0 cm³/mol. The van der Waals surface area contributed by atoms with Crippen LogP contribution >= 0.6 is 11.8 Å². The molecule has 0 fully saturated rings. The Bertz CT molecular complexity index is 713. The van der Waals surface area contributed by atoms with Crippen LogP contribution in [0.4, 0.5) is 5.69 Å². The van der Waals surface area contributed by atoms with Crippen molar-refractivity contribution < 1.29 is 9.72 Å². The molecule has 0 heterocycles. The van der Waals surface area contributed by atoms with Crippen molar-refractivity contribution in [1.82, 2.24) is 0 Å². The molecule has 100 valence electrons. The fourth-order valence-corrected chi connectivity index (χ4v) is 2.25. The van der Waals surface area contributed by atoms with Crippen molar-refractivity contribution in [2.24, 2.45) is 0 Å². The van der Waals surface area contributed by atoms with Crippen LogP contribution in [0.15, 0.2) is 64.3 Å². The summed E-state index contributed by atoms with van der Waals surface area (Å²) in [6.45, 7) is 0. The molecule has 0 saturated heterocycles. The van der Waals surface area contributed by atoms with Gasteiger partial charge >= 0.3 is 0 Å². The predicted octanol–water partition coefficient (Wildman–Crippen LogP) is 2.89. The van der Waals surface area contributed by atoms with Gasteiger partial charge in [0, 0.05) is 17.7 Å². The van der Waals surface area contributed by atoms with Gasteiger partial charge in [0.25, 0.3) is 5.69 Å². The van der Waals surface area contributed by atoms with Gasteiger partial charge < -0.3 is 0 Å². The fourth-order valence-electron chi connectivity index (χ4n) is 1.48. The molecular formula is C14H9NO4S. The molecule has 0 aliphatic heterocycles. The maximum Gasteiger partial charge on any atom is 0.269 e. The minimum atomic E-state index is -0.533. The summed E-state index contributed by atoms with van der Waals surface area (Å²) in [5.74, 6) is 0. The van der Waals surface area contributed by atoms with Crippen LogP contribution in [0.3, 0.4) is 0 Å². The molecule has 0 unspecified atom stereocenters. The molecule has 0 atom stereocenters. The molecule has 2 aromatic rings. The second-order valence-corrected chi connectivity index (χ2v) is 4.85. The highest BCUT2D eigenvalue weighted by atomic mass is 32.2. The quantitative estimate of drug-likeness (QED) is 0.493. The zero-order chi connectivity index (χ0) is 14.5. The third kappa shape index (κ3) is 3.30. The number of nitrogens with zero attached hydrogens (tertiary/aromatic N) is 1. The van der Waals surface area contributed by atoms with Crippen molar-refractivity contribution in [3.63, 3.8) is 0 Å². The van der Waals surface area contributed by atoms with E-state index < -0.39 is 4.92 Å². The van der Waals surface area contributed by atoms with Crippen LogP contribution in [-0.2, 0) is 0 Å². The smallest absolute Gasteiger partial charge is 0.269 e. The Morgan fingerprint density at radius 2 is 1.65 bits per heavy atom. The molecule has 0 amide bonds. The van der Waals surface area contributed by atoms with Gasteiger partial charge in [-0.3, -0.25) is 19.7 Å². The van der Waals surface area contributed by atoms with Crippen LogP contribution in [-0.4, -0.2) is 10.0 Å². The molecule has 0 saturated carbocycles. The standard InChI is InChI=1S/C14H9NO4S/c16-12-4-2-1-3-5-13(12)20-14(17)10-6-8-11(9-7-10)15(18)19/h1-9H. The van der Waals surface area contributed by atoms with Gasteiger partial charge in [-0.05, 0) is 36.0 Å². The lowest BCUT2D eigenvalue weighted by Gasteiger charge is -1.99. The lowest BCUT2D eigenvalue weighted by Crippen LogP contribution is -2.01. The Hall–Kier alpha value is -2.47. The topological polar surface area (TPSA) is 77.3 Å². The summed E-state index contributed by atoms with van der Waals surface area (Å²) in [4.78, 5) is 34.0.